The van der Waals surface area contributed by atoms with Gasteiger partial charge in [0.05, 0.1) is 4.92 Å². The van der Waals surface area contributed by atoms with Crippen molar-refractivity contribution in [2.75, 3.05) is 11.4 Å². The average Bonchev–Trinajstić information content (AvgIpc) is 2.53. The monoisotopic (exact) mass is 352 g/mol. The standard InChI is InChI=1S/C16H21BrN2O2/c17-11-13-10-14(7-8-16(13)19(20)21)18-9-3-5-12-4-1-2-6-15(12)18/h7-8,10,12,15H,1-6,9,11H2. The summed E-state index contributed by atoms with van der Waals surface area (Å²) in [7, 11) is 0. The predicted octanol–water partition coefficient (Wildman–Crippen LogP) is 4.65. The van der Waals surface area contributed by atoms with Gasteiger partial charge in [-0.3, -0.25) is 10.1 Å². The van der Waals surface area contributed by atoms with Crippen LogP contribution in [0.15, 0.2) is 18.2 Å². The number of nitro benzene ring substituents is 1. The zero-order valence-electron chi connectivity index (χ0n) is 12.1. The average molecular weight is 353 g/mol. The van der Waals surface area contributed by atoms with Crippen LogP contribution in [0.3, 0.4) is 0 Å². The van der Waals surface area contributed by atoms with Gasteiger partial charge in [-0.15, -0.1) is 0 Å². The molecule has 114 valence electrons. The highest BCUT2D eigenvalue weighted by molar-refractivity contribution is 9.08. The fraction of sp³-hybridized carbons (Fsp3) is 0.625. The Morgan fingerprint density at radius 2 is 2.00 bits per heavy atom. The zero-order valence-corrected chi connectivity index (χ0v) is 13.7. The molecule has 2 fully saturated rings. The molecule has 2 atom stereocenters. The molecule has 4 nitrogen and oxygen atoms in total. The van der Waals surface area contributed by atoms with Crippen molar-refractivity contribution in [3.05, 3.63) is 33.9 Å². The van der Waals surface area contributed by atoms with Gasteiger partial charge in [-0.05, 0) is 43.7 Å². The number of hydrogen-bond donors (Lipinski definition) is 0. The Hall–Kier alpha value is -1.10. The van der Waals surface area contributed by atoms with Crippen molar-refractivity contribution in [3.63, 3.8) is 0 Å². The van der Waals surface area contributed by atoms with Gasteiger partial charge in [0.25, 0.3) is 5.69 Å². The molecule has 2 aliphatic rings. The summed E-state index contributed by atoms with van der Waals surface area (Å²) in [6.45, 7) is 1.08. The number of nitro groups is 1. The van der Waals surface area contributed by atoms with E-state index in [1.54, 1.807) is 6.07 Å². The SMILES string of the molecule is O=[N+]([O-])c1ccc(N2CCCC3CCCCC32)cc1CBr. The Balaban J connectivity index is 1.90. The van der Waals surface area contributed by atoms with Crippen LogP contribution in [0, 0.1) is 16.0 Å². The normalized spacial score (nSPS) is 25.5. The van der Waals surface area contributed by atoms with Gasteiger partial charge in [-0.2, -0.15) is 0 Å². The van der Waals surface area contributed by atoms with Gasteiger partial charge in [-0.1, -0.05) is 28.8 Å². The molecule has 1 aromatic rings. The van der Waals surface area contributed by atoms with Crippen LogP contribution in [0.2, 0.25) is 0 Å². The Bertz CT molecular complexity index is 533. The van der Waals surface area contributed by atoms with Crippen LogP contribution < -0.4 is 4.90 Å². The zero-order chi connectivity index (χ0) is 14.8. The lowest BCUT2D eigenvalue weighted by molar-refractivity contribution is -0.385. The van der Waals surface area contributed by atoms with Gasteiger partial charge in [0, 0.05) is 35.2 Å². The number of piperidine rings is 1. The number of fused-ring (bicyclic) bond motifs is 1. The first-order chi connectivity index (χ1) is 10.2. The fourth-order valence-corrected chi connectivity index (χ4v) is 4.43. The summed E-state index contributed by atoms with van der Waals surface area (Å²) in [5, 5.41) is 11.6. The van der Waals surface area contributed by atoms with E-state index in [4.69, 9.17) is 0 Å². The number of alkyl halides is 1. The first-order valence-electron chi connectivity index (χ1n) is 7.80. The minimum atomic E-state index is -0.292. The molecule has 1 saturated carbocycles. The third-order valence-electron chi connectivity index (χ3n) is 4.98. The van der Waals surface area contributed by atoms with Gasteiger partial charge in [-0.25, -0.2) is 0 Å². The number of rotatable bonds is 3. The second kappa shape index (κ2) is 6.34. The van der Waals surface area contributed by atoms with E-state index >= 15 is 0 Å². The molecule has 0 aromatic heterocycles. The summed E-state index contributed by atoms with van der Waals surface area (Å²) in [5.41, 5.74) is 2.15. The Labute approximate surface area is 133 Å². The van der Waals surface area contributed by atoms with E-state index in [2.05, 4.69) is 20.8 Å². The number of benzene rings is 1. The van der Waals surface area contributed by atoms with Crippen LogP contribution in [0.4, 0.5) is 11.4 Å². The summed E-state index contributed by atoms with van der Waals surface area (Å²) >= 11 is 3.38. The van der Waals surface area contributed by atoms with E-state index in [0.29, 0.717) is 11.4 Å². The van der Waals surface area contributed by atoms with Crippen LogP contribution >= 0.6 is 15.9 Å². The molecular formula is C16H21BrN2O2. The molecule has 5 heteroatoms. The largest absolute Gasteiger partial charge is 0.368 e. The first-order valence-corrected chi connectivity index (χ1v) is 8.93. The van der Waals surface area contributed by atoms with Crippen LogP contribution in [0.5, 0.6) is 0 Å². The highest BCUT2D eigenvalue weighted by Crippen LogP contribution is 2.38. The first kappa shape index (κ1) is 14.8. The second-order valence-corrected chi connectivity index (χ2v) is 6.71. The lowest BCUT2D eigenvalue weighted by Gasteiger charge is -2.45. The summed E-state index contributed by atoms with van der Waals surface area (Å²) in [6, 6.07) is 6.24. The summed E-state index contributed by atoms with van der Waals surface area (Å²) in [6.07, 6.45) is 7.88. The second-order valence-electron chi connectivity index (χ2n) is 6.15. The molecule has 0 amide bonds. The van der Waals surface area contributed by atoms with E-state index < -0.39 is 0 Å². The Morgan fingerprint density at radius 1 is 1.24 bits per heavy atom. The van der Waals surface area contributed by atoms with Gasteiger partial charge >= 0.3 is 0 Å². The van der Waals surface area contributed by atoms with Crippen LogP contribution in [-0.2, 0) is 5.33 Å². The van der Waals surface area contributed by atoms with E-state index in [0.717, 1.165) is 23.7 Å². The van der Waals surface area contributed by atoms with Crippen LogP contribution in [0.25, 0.3) is 0 Å². The molecule has 3 rings (SSSR count). The third kappa shape index (κ3) is 2.93. The lowest BCUT2D eigenvalue weighted by Crippen LogP contribution is -2.46. The van der Waals surface area contributed by atoms with E-state index in [9.17, 15) is 10.1 Å². The summed E-state index contributed by atoms with van der Waals surface area (Å²) < 4.78 is 0. The molecule has 2 unspecified atom stereocenters. The summed E-state index contributed by atoms with van der Waals surface area (Å²) in [5.74, 6) is 0.815. The molecule has 0 spiro atoms. The van der Waals surface area contributed by atoms with Crippen molar-refractivity contribution in [1.82, 2.24) is 0 Å². The maximum atomic E-state index is 11.1. The molecule has 1 saturated heterocycles. The van der Waals surface area contributed by atoms with Crippen molar-refractivity contribution in [2.45, 2.75) is 49.9 Å². The number of halogens is 1. The molecule has 21 heavy (non-hydrogen) atoms. The van der Waals surface area contributed by atoms with Crippen molar-refractivity contribution in [2.24, 2.45) is 5.92 Å². The van der Waals surface area contributed by atoms with Crippen LogP contribution in [-0.4, -0.2) is 17.5 Å². The smallest absolute Gasteiger partial charge is 0.273 e. The van der Waals surface area contributed by atoms with E-state index in [-0.39, 0.29) is 10.6 Å². The highest BCUT2D eigenvalue weighted by atomic mass is 79.9. The maximum Gasteiger partial charge on any atom is 0.273 e. The Morgan fingerprint density at radius 3 is 2.76 bits per heavy atom. The quantitative estimate of drug-likeness (QED) is 0.451. The molecular weight excluding hydrogens is 332 g/mol. The number of nitrogens with zero attached hydrogens (tertiary/aromatic N) is 2. The predicted molar refractivity (Wildman–Crippen MR) is 88.1 cm³/mol. The third-order valence-corrected chi connectivity index (χ3v) is 5.58. The minimum Gasteiger partial charge on any atom is -0.368 e. The van der Waals surface area contributed by atoms with Crippen molar-refractivity contribution in [1.29, 1.82) is 0 Å². The number of anilines is 1. The topological polar surface area (TPSA) is 46.4 Å². The molecule has 1 aliphatic carbocycles. The van der Waals surface area contributed by atoms with Crippen molar-refractivity contribution >= 4 is 27.3 Å². The molecule has 0 bridgehead atoms. The summed E-state index contributed by atoms with van der Waals surface area (Å²) in [4.78, 5) is 13.3. The molecule has 1 aromatic carbocycles. The van der Waals surface area contributed by atoms with E-state index in [1.165, 1.54) is 38.5 Å². The highest BCUT2D eigenvalue weighted by Gasteiger charge is 2.33. The molecule has 1 aliphatic heterocycles. The number of hydrogen-bond acceptors (Lipinski definition) is 3. The molecule has 1 heterocycles. The minimum absolute atomic E-state index is 0.216. The van der Waals surface area contributed by atoms with Crippen molar-refractivity contribution < 1.29 is 4.92 Å². The maximum absolute atomic E-state index is 11.1. The van der Waals surface area contributed by atoms with Gasteiger partial charge in [0.2, 0.25) is 0 Å². The van der Waals surface area contributed by atoms with Crippen molar-refractivity contribution in [3.8, 4) is 0 Å². The molecule has 0 radical (unpaired) electrons. The van der Waals surface area contributed by atoms with E-state index in [1.807, 2.05) is 12.1 Å². The molecule has 0 N–H and O–H groups in total. The van der Waals surface area contributed by atoms with Gasteiger partial charge in [0.15, 0.2) is 0 Å². The van der Waals surface area contributed by atoms with Gasteiger partial charge in [0.1, 0.15) is 0 Å². The lowest BCUT2D eigenvalue weighted by atomic mass is 9.78. The fourth-order valence-electron chi connectivity index (χ4n) is 3.98. The van der Waals surface area contributed by atoms with Crippen LogP contribution in [0.1, 0.15) is 44.1 Å². The van der Waals surface area contributed by atoms with Gasteiger partial charge < -0.3 is 4.90 Å². The Kier molecular flexibility index (Phi) is 4.48.